The Balaban J connectivity index is 1.09. The quantitative estimate of drug-likeness (QED) is 0.113. The molecular formula is C53H36N6S. The van der Waals surface area contributed by atoms with E-state index in [2.05, 4.69) is 97.6 Å². The molecule has 0 amide bonds. The van der Waals surface area contributed by atoms with E-state index in [9.17, 15) is 5.26 Å². The molecular weight excluding hydrogens is 753 g/mol. The molecule has 6 nitrogen and oxygen atoms in total. The number of pyridine rings is 1. The number of allylic oxidation sites excluding steroid dienone is 1. The monoisotopic (exact) mass is 788 g/mol. The molecule has 6 aromatic carbocycles. The zero-order chi connectivity index (χ0) is 40.6. The lowest BCUT2D eigenvalue weighted by Gasteiger charge is -2.10. The molecule has 0 N–H and O–H groups in total. The Morgan fingerprint density at radius 3 is 2.12 bits per heavy atom. The van der Waals surface area contributed by atoms with Gasteiger partial charge in [-0.25, -0.2) is 20.0 Å². The highest BCUT2D eigenvalue weighted by molar-refractivity contribution is 7.25. The molecule has 1 unspecified atom stereocenters. The van der Waals surface area contributed by atoms with Crippen LogP contribution in [0.15, 0.2) is 202 Å². The largest absolute Gasteiger partial charge is 0.252 e. The van der Waals surface area contributed by atoms with Crippen molar-refractivity contribution in [3.05, 3.63) is 221 Å². The van der Waals surface area contributed by atoms with Crippen molar-refractivity contribution in [1.29, 1.82) is 5.26 Å². The van der Waals surface area contributed by atoms with E-state index >= 15 is 0 Å². The average Bonchev–Trinajstić information content (AvgIpc) is 4.03. The number of aliphatic imine (C=N–C) groups is 4. The fourth-order valence-electron chi connectivity index (χ4n) is 7.86. The number of hydrogen-bond acceptors (Lipinski definition) is 6. The molecule has 60 heavy (non-hydrogen) atoms. The van der Waals surface area contributed by atoms with Gasteiger partial charge in [0.05, 0.1) is 28.7 Å². The third-order valence-corrected chi connectivity index (χ3v) is 12.1. The summed E-state index contributed by atoms with van der Waals surface area (Å²) in [6.45, 7) is 6.47. The van der Waals surface area contributed by atoms with Crippen LogP contribution >= 0.6 is 11.3 Å². The first-order chi connectivity index (χ1) is 29.5. The van der Waals surface area contributed by atoms with E-state index < -0.39 is 0 Å². The summed E-state index contributed by atoms with van der Waals surface area (Å²) in [5, 5.41) is 11.8. The van der Waals surface area contributed by atoms with E-state index in [1.165, 1.54) is 5.57 Å². The van der Waals surface area contributed by atoms with E-state index in [4.69, 9.17) is 25.0 Å². The van der Waals surface area contributed by atoms with Gasteiger partial charge in [-0.1, -0.05) is 146 Å². The van der Waals surface area contributed by atoms with Crippen molar-refractivity contribution in [2.75, 3.05) is 0 Å². The predicted molar refractivity (Wildman–Crippen MR) is 249 cm³/mol. The van der Waals surface area contributed by atoms with E-state index in [1.54, 1.807) is 11.3 Å². The van der Waals surface area contributed by atoms with Gasteiger partial charge in [0.15, 0.2) is 11.7 Å². The van der Waals surface area contributed by atoms with E-state index in [0.29, 0.717) is 22.9 Å². The molecule has 2 aliphatic rings. The Morgan fingerprint density at radius 2 is 1.37 bits per heavy atom. The third kappa shape index (κ3) is 7.00. The zero-order valence-corrected chi connectivity index (χ0v) is 33.6. The highest BCUT2D eigenvalue weighted by atomic mass is 32.1. The van der Waals surface area contributed by atoms with Gasteiger partial charge in [0.1, 0.15) is 5.69 Å². The highest BCUT2D eigenvalue weighted by Crippen LogP contribution is 2.48. The number of nitriles is 1. The van der Waals surface area contributed by atoms with E-state index in [1.807, 2.05) is 92.0 Å². The molecule has 3 heterocycles. The molecule has 1 fully saturated rings. The summed E-state index contributed by atoms with van der Waals surface area (Å²) in [5.74, 6) is 1.31. The fraction of sp³-hybridized carbons (Fsp3) is 0.0566. The number of nitrogens with zero attached hydrogens (tertiary/aromatic N) is 6. The molecule has 0 radical (unpaired) electrons. The summed E-state index contributed by atoms with van der Waals surface area (Å²) < 4.78 is 2.22. The average molecular weight is 789 g/mol. The molecule has 7 heteroatoms. The van der Waals surface area contributed by atoms with Crippen LogP contribution in [0.3, 0.4) is 0 Å². The number of rotatable bonds is 8. The minimum Gasteiger partial charge on any atom is -0.252 e. The van der Waals surface area contributed by atoms with Crippen molar-refractivity contribution in [1.82, 2.24) is 4.98 Å². The first-order valence-electron chi connectivity index (χ1n) is 19.8. The topological polar surface area (TPSA) is 86.1 Å². The van der Waals surface area contributed by atoms with E-state index in [0.717, 1.165) is 88.4 Å². The van der Waals surface area contributed by atoms with Crippen LogP contribution in [0, 0.1) is 17.2 Å². The standard InChI is InChI=1S/C53H36N6S/c1-33(35-14-6-3-7-15-35)56-52(39-18-10-5-11-19-39)57-34(2)40-26-27-46-45(30-40)48-47(60-46)28-29-55-51(48)53-58-49(37-16-8-4-9-17-37)43-31-44(43)50(59-53)38-24-22-36(23-25-38)42-21-13-12-20-41(42)32-54/h3-30,44H,2,31H2,1H3. The second-order valence-electron chi connectivity index (χ2n) is 14.8. The van der Waals surface area contributed by atoms with Crippen molar-refractivity contribution in [3.63, 3.8) is 0 Å². The minimum atomic E-state index is 0.136. The fourth-order valence-corrected chi connectivity index (χ4v) is 8.94. The molecule has 1 saturated carbocycles. The van der Waals surface area contributed by atoms with Crippen molar-refractivity contribution in [3.8, 4) is 17.2 Å². The van der Waals surface area contributed by atoms with Gasteiger partial charge in [-0.05, 0) is 65.4 Å². The summed E-state index contributed by atoms with van der Waals surface area (Å²) >= 11 is 1.72. The molecule has 284 valence electrons. The molecule has 0 bridgehead atoms. The number of thiophene rings is 1. The van der Waals surface area contributed by atoms with Crippen molar-refractivity contribution >= 4 is 66.0 Å². The summed E-state index contributed by atoms with van der Waals surface area (Å²) in [6, 6.07) is 57.4. The molecule has 10 rings (SSSR count). The number of benzene rings is 6. The predicted octanol–water partition coefficient (Wildman–Crippen LogP) is 12.6. The maximum absolute atomic E-state index is 9.77. The lowest BCUT2D eigenvalue weighted by atomic mass is 9.97. The van der Waals surface area contributed by atoms with Crippen molar-refractivity contribution in [2.24, 2.45) is 25.9 Å². The molecule has 0 saturated heterocycles. The van der Waals surface area contributed by atoms with Crippen LogP contribution in [0.25, 0.3) is 42.7 Å². The van der Waals surface area contributed by atoms with Gasteiger partial charge < -0.3 is 0 Å². The van der Waals surface area contributed by atoms with Crippen LogP contribution in [0.1, 0.15) is 52.4 Å². The van der Waals surface area contributed by atoms with Gasteiger partial charge in [0.2, 0.25) is 0 Å². The lowest BCUT2D eigenvalue weighted by Crippen LogP contribution is -2.09. The van der Waals surface area contributed by atoms with Crippen LogP contribution < -0.4 is 0 Å². The Hall–Kier alpha value is -7.66. The molecule has 0 spiro atoms. The summed E-state index contributed by atoms with van der Waals surface area (Å²) in [4.78, 5) is 25.9. The van der Waals surface area contributed by atoms with E-state index in [-0.39, 0.29) is 5.92 Å². The Kier molecular flexibility index (Phi) is 9.53. The second kappa shape index (κ2) is 15.6. The van der Waals surface area contributed by atoms with Crippen LogP contribution in [-0.4, -0.2) is 28.1 Å². The van der Waals surface area contributed by atoms with Crippen molar-refractivity contribution in [2.45, 2.75) is 13.3 Å². The Labute approximate surface area is 352 Å². The molecule has 1 aliphatic carbocycles. The number of hydrogen-bond donors (Lipinski definition) is 0. The summed E-state index contributed by atoms with van der Waals surface area (Å²) in [7, 11) is 0. The van der Waals surface area contributed by atoms with Gasteiger partial charge in [0, 0.05) is 54.7 Å². The van der Waals surface area contributed by atoms with Crippen LogP contribution in [0.5, 0.6) is 0 Å². The number of aromatic nitrogens is 1. The van der Waals surface area contributed by atoms with Gasteiger partial charge in [0.25, 0.3) is 0 Å². The van der Waals surface area contributed by atoms with Crippen LogP contribution in [0.4, 0.5) is 0 Å². The Bertz CT molecular complexity index is 3180. The van der Waals surface area contributed by atoms with Gasteiger partial charge in [-0.15, -0.1) is 11.3 Å². The maximum atomic E-state index is 9.77. The van der Waals surface area contributed by atoms with Gasteiger partial charge in [-0.2, -0.15) is 5.26 Å². The molecule has 8 aromatic rings. The minimum absolute atomic E-state index is 0.136. The molecule has 1 atom stereocenters. The number of amidine groups is 2. The number of fused-ring (bicyclic) bond motifs is 4. The third-order valence-electron chi connectivity index (χ3n) is 11.0. The first-order valence-corrected chi connectivity index (χ1v) is 20.7. The van der Waals surface area contributed by atoms with Crippen LogP contribution in [-0.2, 0) is 0 Å². The molecule has 2 aromatic heterocycles. The normalized spacial score (nSPS) is 15.2. The smallest absolute Gasteiger partial charge is 0.179 e. The lowest BCUT2D eigenvalue weighted by molar-refractivity contribution is 1.22. The highest BCUT2D eigenvalue weighted by Gasteiger charge is 2.41. The zero-order valence-electron chi connectivity index (χ0n) is 32.7. The van der Waals surface area contributed by atoms with Crippen molar-refractivity contribution < 1.29 is 0 Å². The van der Waals surface area contributed by atoms with Crippen LogP contribution in [0.2, 0.25) is 0 Å². The maximum Gasteiger partial charge on any atom is 0.179 e. The SMILES string of the molecule is C=C(N=C(N=C(C)c1ccccc1)c1ccccc1)c1ccc2sc3ccnc(C4=NC(c5ccccc5)=C5CC5C(c5ccc(-c6ccccc6C#N)cc5)=N4)c3c2c1. The molecule has 1 aliphatic heterocycles. The first kappa shape index (κ1) is 36.7. The summed E-state index contributed by atoms with van der Waals surface area (Å²) in [5.41, 5.74) is 12.9. The second-order valence-corrected chi connectivity index (χ2v) is 15.9. The summed E-state index contributed by atoms with van der Waals surface area (Å²) in [6.07, 6.45) is 2.75. The Morgan fingerprint density at radius 1 is 0.683 bits per heavy atom. The van der Waals surface area contributed by atoms with Gasteiger partial charge >= 0.3 is 0 Å². The van der Waals surface area contributed by atoms with Gasteiger partial charge in [-0.3, -0.25) is 4.98 Å².